The molecule has 0 spiro atoms. The fourth-order valence-corrected chi connectivity index (χ4v) is 3.27. The zero-order valence-corrected chi connectivity index (χ0v) is 10.2. The normalized spacial score (nSPS) is 23.1. The predicted molar refractivity (Wildman–Crippen MR) is 63.1 cm³/mol. The van der Waals surface area contributed by atoms with Gasteiger partial charge >= 0.3 is 0 Å². The third kappa shape index (κ3) is 2.36. The quantitative estimate of drug-likeness (QED) is 0.685. The molecule has 0 saturated heterocycles. The maximum Gasteiger partial charge on any atom is 0.146 e. The Labute approximate surface area is 97.8 Å². The second-order valence-electron chi connectivity index (χ2n) is 5.49. The summed E-state index contributed by atoms with van der Waals surface area (Å²) >= 11 is 0. The number of hydrogen-bond donors (Lipinski definition) is 0. The minimum Gasteiger partial charge on any atom is -0.299 e. The molecule has 2 fully saturated rings. The van der Waals surface area contributed by atoms with E-state index in [9.17, 15) is 9.59 Å². The highest BCUT2D eigenvalue weighted by molar-refractivity contribution is 6.04. The summed E-state index contributed by atoms with van der Waals surface area (Å²) in [6.45, 7) is 1.83. The third-order valence-electron chi connectivity index (χ3n) is 4.37. The van der Waals surface area contributed by atoms with Crippen molar-refractivity contribution in [3.8, 4) is 0 Å². The van der Waals surface area contributed by atoms with Gasteiger partial charge in [-0.1, -0.05) is 25.7 Å². The smallest absolute Gasteiger partial charge is 0.146 e. The summed E-state index contributed by atoms with van der Waals surface area (Å²) in [7, 11) is 0. The van der Waals surface area contributed by atoms with Gasteiger partial charge in [-0.3, -0.25) is 9.59 Å². The minimum atomic E-state index is -0.328. The molecule has 2 rings (SSSR count). The van der Waals surface area contributed by atoms with Crippen molar-refractivity contribution >= 4 is 11.6 Å². The van der Waals surface area contributed by atoms with E-state index in [0.717, 1.165) is 25.7 Å². The third-order valence-corrected chi connectivity index (χ3v) is 4.37. The molecule has 0 aromatic heterocycles. The zero-order chi connectivity index (χ0) is 11.5. The first-order chi connectivity index (χ1) is 7.70. The Bertz CT molecular complexity index is 242. The van der Waals surface area contributed by atoms with Crippen LogP contribution >= 0.6 is 0 Å². The molecule has 16 heavy (non-hydrogen) atoms. The number of hydrogen-bond acceptors (Lipinski definition) is 2. The van der Waals surface area contributed by atoms with Crippen molar-refractivity contribution in [1.29, 1.82) is 0 Å². The molecule has 0 heterocycles. The molecule has 0 N–H and O–H groups in total. The highest BCUT2D eigenvalue weighted by Crippen LogP contribution is 2.32. The van der Waals surface area contributed by atoms with Crippen molar-refractivity contribution in [1.82, 2.24) is 0 Å². The van der Waals surface area contributed by atoms with Crippen LogP contribution in [0.3, 0.4) is 0 Å². The SMILES string of the molecule is CC(C(=O)C1CCCC1)C(=O)C1CCCC1. The molecule has 0 atom stereocenters. The van der Waals surface area contributed by atoms with E-state index >= 15 is 0 Å². The standard InChI is InChI=1S/C14H22O2/c1-10(13(15)11-6-2-3-7-11)14(16)12-8-4-5-9-12/h10-12H,2-9H2,1H3. The van der Waals surface area contributed by atoms with Crippen molar-refractivity contribution in [2.45, 2.75) is 58.3 Å². The largest absolute Gasteiger partial charge is 0.299 e. The summed E-state index contributed by atoms with van der Waals surface area (Å²) in [5, 5.41) is 0. The second-order valence-corrected chi connectivity index (χ2v) is 5.49. The molecule has 0 aromatic rings. The summed E-state index contributed by atoms with van der Waals surface area (Å²) in [6, 6.07) is 0. The summed E-state index contributed by atoms with van der Waals surface area (Å²) in [6.07, 6.45) is 8.73. The van der Waals surface area contributed by atoms with Crippen LogP contribution in [0.2, 0.25) is 0 Å². The van der Waals surface area contributed by atoms with E-state index in [1.807, 2.05) is 6.92 Å². The molecule has 0 aliphatic heterocycles. The highest BCUT2D eigenvalue weighted by Gasteiger charge is 2.34. The maximum absolute atomic E-state index is 12.1. The Morgan fingerprint density at radius 2 is 1.12 bits per heavy atom. The number of rotatable bonds is 4. The molecule has 2 nitrogen and oxygen atoms in total. The van der Waals surface area contributed by atoms with Gasteiger partial charge in [-0.25, -0.2) is 0 Å². The first kappa shape index (κ1) is 11.8. The molecule has 2 heteroatoms. The van der Waals surface area contributed by atoms with Gasteiger partial charge in [-0.15, -0.1) is 0 Å². The molecule has 2 aliphatic rings. The zero-order valence-electron chi connectivity index (χ0n) is 10.2. The second kappa shape index (κ2) is 5.11. The fraction of sp³-hybridized carbons (Fsp3) is 0.857. The van der Waals surface area contributed by atoms with E-state index in [0.29, 0.717) is 0 Å². The number of Topliss-reactive ketones (excluding diaryl/α,β-unsaturated/α-hetero) is 2. The minimum absolute atomic E-state index is 0.195. The Kier molecular flexibility index (Phi) is 3.78. The van der Waals surface area contributed by atoms with E-state index in [-0.39, 0.29) is 29.3 Å². The topological polar surface area (TPSA) is 34.1 Å². The molecule has 0 aromatic carbocycles. The molecular formula is C14H22O2. The lowest BCUT2D eigenvalue weighted by molar-refractivity contribution is -0.136. The van der Waals surface area contributed by atoms with Gasteiger partial charge in [0.1, 0.15) is 11.6 Å². The van der Waals surface area contributed by atoms with E-state index in [1.54, 1.807) is 0 Å². The fourth-order valence-electron chi connectivity index (χ4n) is 3.27. The van der Waals surface area contributed by atoms with Crippen LogP contribution in [-0.2, 0) is 9.59 Å². The van der Waals surface area contributed by atoms with E-state index < -0.39 is 0 Å². The van der Waals surface area contributed by atoms with Gasteiger partial charge in [-0.05, 0) is 32.6 Å². The lowest BCUT2D eigenvalue weighted by Gasteiger charge is -2.17. The van der Waals surface area contributed by atoms with E-state index in [2.05, 4.69) is 0 Å². The van der Waals surface area contributed by atoms with Gasteiger partial charge in [0.15, 0.2) is 0 Å². The van der Waals surface area contributed by atoms with Crippen LogP contribution < -0.4 is 0 Å². The molecule has 0 unspecified atom stereocenters. The van der Waals surface area contributed by atoms with Crippen LogP contribution in [0.4, 0.5) is 0 Å². The van der Waals surface area contributed by atoms with Gasteiger partial charge in [0, 0.05) is 11.8 Å². The Hall–Kier alpha value is -0.660. The Balaban J connectivity index is 1.92. The lowest BCUT2D eigenvalue weighted by atomic mass is 9.84. The van der Waals surface area contributed by atoms with Gasteiger partial charge in [0.05, 0.1) is 5.92 Å². The van der Waals surface area contributed by atoms with Crippen molar-refractivity contribution in [2.24, 2.45) is 17.8 Å². The predicted octanol–water partition coefficient (Wildman–Crippen LogP) is 3.14. The monoisotopic (exact) mass is 222 g/mol. The first-order valence-electron chi connectivity index (χ1n) is 6.77. The molecule has 0 amide bonds. The molecular weight excluding hydrogens is 200 g/mol. The van der Waals surface area contributed by atoms with Gasteiger partial charge in [0.25, 0.3) is 0 Å². The van der Waals surface area contributed by atoms with Crippen LogP contribution in [0.25, 0.3) is 0 Å². The first-order valence-corrected chi connectivity index (χ1v) is 6.77. The summed E-state index contributed by atoms with van der Waals surface area (Å²) in [4.78, 5) is 24.2. The van der Waals surface area contributed by atoms with E-state index in [1.165, 1.54) is 25.7 Å². The lowest BCUT2D eigenvalue weighted by Crippen LogP contribution is -2.30. The summed E-state index contributed by atoms with van der Waals surface area (Å²) in [5.41, 5.74) is 0. The Morgan fingerprint density at radius 1 is 0.812 bits per heavy atom. The average Bonchev–Trinajstić information content (AvgIpc) is 2.97. The summed E-state index contributed by atoms with van der Waals surface area (Å²) < 4.78 is 0. The number of carbonyl (C=O) groups excluding carboxylic acids is 2. The van der Waals surface area contributed by atoms with Crippen LogP contribution in [0.1, 0.15) is 58.3 Å². The van der Waals surface area contributed by atoms with Crippen molar-refractivity contribution in [3.63, 3.8) is 0 Å². The van der Waals surface area contributed by atoms with Crippen LogP contribution in [-0.4, -0.2) is 11.6 Å². The van der Waals surface area contributed by atoms with Crippen molar-refractivity contribution in [3.05, 3.63) is 0 Å². The molecule has 0 radical (unpaired) electrons. The van der Waals surface area contributed by atoms with Crippen LogP contribution in [0.5, 0.6) is 0 Å². The van der Waals surface area contributed by atoms with Gasteiger partial charge in [-0.2, -0.15) is 0 Å². The number of carbonyl (C=O) groups is 2. The van der Waals surface area contributed by atoms with E-state index in [4.69, 9.17) is 0 Å². The average molecular weight is 222 g/mol. The Morgan fingerprint density at radius 3 is 1.44 bits per heavy atom. The van der Waals surface area contributed by atoms with Crippen LogP contribution in [0, 0.1) is 17.8 Å². The summed E-state index contributed by atoms with van der Waals surface area (Å²) in [5.74, 6) is 0.524. The number of ketones is 2. The van der Waals surface area contributed by atoms with Gasteiger partial charge in [0.2, 0.25) is 0 Å². The molecule has 2 aliphatic carbocycles. The maximum atomic E-state index is 12.1. The van der Waals surface area contributed by atoms with Gasteiger partial charge < -0.3 is 0 Å². The highest BCUT2D eigenvalue weighted by atomic mass is 16.2. The molecule has 90 valence electrons. The molecule has 0 bridgehead atoms. The van der Waals surface area contributed by atoms with Crippen molar-refractivity contribution in [2.75, 3.05) is 0 Å². The molecule has 2 saturated carbocycles. The van der Waals surface area contributed by atoms with Crippen molar-refractivity contribution < 1.29 is 9.59 Å². The van der Waals surface area contributed by atoms with Crippen LogP contribution in [0.15, 0.2) is 0 Å².